The van der Waals surface area contributed by atoms with Gasteiger partial charge in [-0.3, -0.25) is 14.4 Å². The van der Waals surface area contributed by atoms with Gasteiger partial charge in [-0.15, -0.1) is 0 Å². The van der Waals surface area contributed by atoms with Crippen LogP contribution in [0.4, 0.5) is 0 Å². The lowest BCUT2D eigenvalue weighted by Crippen LogP contribution is -2.52. The van der Waals surface area contributed by atoms with Gasteiger partial charge >= 0.3 is 0 Å². The second-order valence-corrected chi connectivity index (χ2v) is 8.62. The molecule has 7 heteroatoms. The highest BCUT2D eigenvalue weighted by Crippen LogP contribution is 2.37. The number of hydrogen-bond acceptors (Lipinski definition) is 4. The minimum atomic E-state index is -0.429. The Bertz CT molecular complexity index is 829. The molecule has 0 bridgehead atoms. The molecule has 2 aliphatic heterocycles. The summed E-state index contributed by atoms with van der Waals surface area (Å²) in [6, 6.07) is 5.84. The lowest BCUT2D eigenvalue weighted by atomic mass is 9.81. The Hall–Kier alpha value is -2.57. The first-order valence-electron chi connectivity index (χ1n) is 10.5. The molecule has 1 aromatic carbocycles. The first kappa shape index (κ1) is 19.7. The molecule has 0 unspecified atom stereocenters. The number of carbonyl (C=O) groups is 3. The van der Waals surface area contributed by atoms with Gasteiger partial charge in [0.2, 0.25) is 11.8 Å². The zero-order chi connectivity index (χ0) is 20.6. The van der Waals surface area contributed by atoms with E-state index in [1.807, 2.05) is 32.2 Å². The van der Waals surface area contributed by atoms with Crippen LogP contribution in [0.5, 0.6) is 5.75 Å². The fourth-order valence-electron chi connectivity index (χ4n) is 4.66. The fourth-order valence-corrected chi connectivity index (χ4v) is 4.66. The highest BCUT2D eigenvalue weighted by atomic mass is 16.5. The Labute approximate surface area is 171 Å². The van der Waals surface area contributed by atoms with Crippen molar-refractivity contribution in [2.45, 2.75) is 57.1 Å². The van der Waals surface area contributed by atoms with Crippen molar-refractivity contribution in [3.63, 3.8) is 0 Å². The standard InChI is InChI=1S/C22H29N3O4/c1-15-5-6-18-17(12-15)21(28)23-14-22(29-18)9-7-16(8-10-22)24(2)20(27)13-25-11-3-4-19(25)26/h5-6,12,16H,3-4,7-11,13-14H2,1-2H3,(H,23,28). The van der Waals surface area contributed by atoms with Crippen LogP contribution < -0.4 is 10.1 Å². The maximum Gasteiger partial charge on any atom is 0.255 e. The summed E-state index contributed by atoms with van der Waals surface area (Å²) in [6.45, 7) is 3.29. The molecular weight excluding hydrogens is 370 g/mol. The molecule has 1 saturated heterocycles. The molecule has 2 heterocycles. The third-order valence-electron chi connectivity index (χ3n) is 6.58. The van der Waals surface area contributed by atoms with Crippen molar-refractivity contribution in [1.82, 2.24) is 15.1 Å². The summed E-state index contributed by atoms with van der Waals surface area (Å²) in [5.41, 5.74) is 1.19. The molecular formula is C22H29N3O4. The SMILES string of the molecule is Cc1ccc2c(c1)C(=O)NCC1(CCC(N(C)C(=O)CN3CCCC3=O)CC1)O2. The van der Waals surface area contributed by atoms with E-state index in [1.165, 1.54) is 0 Å². The van der Waals surface area contributed by atoms with Gasteiger partial charge in [0.15, 0.2) is 0 Å². The van der Waals surface area contributed by atoms with E-state index in [0.717, 1.165) is 37.7 Å². The van der Waals surface area contributed by atoms with Gasteiger partial charge < -0.3 is 19.9 Å². The van der Waals surface area contributed by atoms with Crippen molar-refractivity contribution < 1.29 is 19.1 Å². The number of amides is 3. The second-order valence-electron chi connectivity index (χ2n) is 8.62. The molecule has 1 N–H and O–H groups in total. The lowest BCUT2D eigenvalue weighted by Gasteiger charge is -2.42. The fraction of sp³-hybridized carbons (Fsp3) is 0.591. The molecule has 156 valence electrons. The van der Waals surface area contributed by atoms with E-state index in [1.54, 1.807) is 9.80 Å². The Morgan fingerprint density at radius 3 is 2.76 bits per heavy atom. The van der Waals surface area contributed by atoms with E-state index in [9.17, 15) is 14.4 Å². The van der Waals surface area contributed by atoms with E-state index in [2.05, 4.69) is 5.32 Å². The molecule has 3 aliphatic rings. The van der Waals surface area contributed by atoms with Crippen LogP contribution in [0.1, 0.15) is 54.4 Å². The van der Waals surface area contributed by atoms with E-state index in [-0.39, 0.29) is 30.3 Å². The maximum atomic E-state index is 12.6. The Morgan fingerprint density at radius 1 is 1.31 bits per heavy atom. The van der Waals surface area contributed by atoms with Gasteiger partial charge in [0, 0.05) is 26.1 Å². The quantitative estimate of drug-likeness (QED) is 0.842. The third-order valence-corrected chi connectivity index (χ3v) is 6.58. The largest absolute Gasteiger partial charge is 0.485 e. The maximum absolute atomic E-state index is 12.6. The average molecular weight is 399 g/mol. The van der Waals surface area contributed by atoms with Crippen molar-refractivity contribution in [1.29, 1.82) is 0 Å². The number of hydrogen-bond donors (Lipinski definition) is 1. The van der Waals surface area contributed by atoms with E-state index >= 15 is 0 Å². The minimum Gasteiger partial charge on any atom is -0.485 e. The first-order valence-corrected chi connectivity index (χ1v) is 10.5. The van der Waals surface area contributed by atoms with Crippen LogP contribution in [0.25, 0.3) is 0 Å². The van der Waals surface area contributed by atoms with Crippen LogP contribution in [-0.4, -0.2) is 65.8 Å². The Balaban J connectivity index is 1.39. The van der Waals surface area contributed by atoms with Crippen LogP contribution in [0, 0.1) is 6.92 Å². The topological polar surface area (TPSA) is 79.0 Å². The number of benzene rings is 1. The van der Waals surface area contributed by atoms with Crippen LogP contribution in [0.15, 0.2) is 18.2 Å². The number of carbonyl (C=O) groups excluding carboxylic acids is 3. The van der Waals surface area contributed by atoms with Gasteiger partial charge in [-0.25, -0.2) is 0 Å². The summed E-state index contributed by atoms with van der Waals surface area (Å²) in [5, 5.41) is 3.02. The number of aryl methyl sites for hydroxylation is 1. The number of fused-ring (bicyclic) bond motifs is 1. The zero-order valence-electron chi connectivity index (χ0n) is 17.2. The van der Waals surface area contributed by atoms with Gasteiger partial charge in [0.25, 0.3) is 5.91 Å². The molecule has 4 rings (SSSR count). The van der Waals surface area contributed by atoms with Crippen molar-refractivity contribution >= 4 is 17.7 Å². The number of nitrogens with one attached hydrogen (secondary N) is 1. The average Bonchev–Trinajstić information content (AvgIpc) is 3.06. The molecule has 1 saturated carbocycles. The smallest absolute Gasteiger partial charge is 0.255 e. The molecule has 1 aliphatic carbocycles. The molecule has 2 fully saturated rings. The van der Waals surface area contributed by atoms with Gasteiger partial charge in [-0.05, 0) is 51.2 Å². The van der Waals surface area contributed by atoms with Crippen LogP contribution in [0.3, 0.4) is 0 Å². The summed E-state index contributed by atoms with van der Waals surface area (Å²) in [6.07, 6.45) is 4.55. The molecule has 0 atom stereocenters. The van der Waals surface area contributed by atoms with Crippen molar-refractivity contribution in [3.05, 3.63) is 29.3 Å². The van der Waals surface area contributed by atoms with Gasteiger partial charge in [0.1, 0.15) is 11.4 Å². The summed E-state index contributed by atoms with van der Waals surface area (Å²) in [7, 11) is 1.83. The molecule has 0 aromatic heterocycles. The van der Waals surface area contributed by atoms with Crippen molar-refractivity contribution in [2.75, 3.05) is 26.7 Å². The van der Waals surface area contributed by atoms with E-state index < -0.39 is 5.60 Å². The number of ether oxygens (including phenoxy) is 1. The monoisotopic (exact) mass is 399 g/mol. The zero-order valence-corrected chi connectivity index (χ0v) is 17.2. The van der Waals surface area contributed by atoms with Crippen LogP contribution >= 0.6 is 0 Å². The van der Waals surface area contributed by atoms with Crippen molar-refractivity contribution in [3.8, 4) is 5.75 Å². The molecule has 0 radical (unpaired) electrons. The van der Waals surface area contributed by atoms with Gasteiger partial charge in [0.05, 0.1) is 18.7 Å². The summed E-state index contributed by atoms with van der Waals surface area (Å²) >= 11 is 0. The number of rotatable bonds is 3. The highest BCUT2D eigenvalue weighted by molar-refractivity contribution is 5.97. The predicted molar refractivity (Wildman–Crippen MR) is 108 cm³/mol. The third kappa shape index (κ3) is 3.95. The van der Waals surface area contributed by atoms with Crippen LogP contribution in [-0.2, 0) is 9.59 Å². The number of likely N-dealkylation sites (tertiary alicyclic amines) is 1. The van der Waals surface area contributed by atoms with Gasteiger partial charge in [-0.1, -0.05) is 11.6 Å². The molecule has 29 heavy (non-hydrogen) atoms. The Morgan fingerprint density at radius 2 is 2.07 bits per heavy atom. The second kappa shape index (κ2) is 7.69. The molecule has 1 spiro atoms. The van der Waals surface area contributed by atoms with Crippen LogP contribution in [0.2, 0.25) is 0 Å². The predicted octanol–water partition coefficient (Wildman–Crippen LogP) is 1.88. The summed E-state index contributed by atoms with van der Waals surface area (Å²) in [4.78, 5) is 40.4. The molecule has 1 aromatic rings. The lowest BCUT2D eigenvalue weighted by molar-refractivity contribution is -0.139. The number of likely N-dealkylation sites (N-methyl/N-ethyl adjacent to an activating group) is 1. The molecule has 3 amide bonds. The summed E-state index contributed by atoms with van der Waals surface area (Å²) < 4.78 is 6.38. The van der Waals surface area contributed by atoms with E-state index in [4.69, 9.17) is 4.74 Å². The van der Waals surface area contributed by atoms with Crippen molar-refractivity contribution in [2.24, 2.45) is 0 Å². The number of nitrogens with zero attached hydrogens (tertiary/aromatic N) is 2. The van der Waals surface area contributed by atoms with E-state index in [0.29, 0.717) is 30.8 Å². The first-order chi connectivity index (χ1) is 13.9. The highest BCUT2D eigenvalue weighted by Gasteiger charge is 2.42. The summed E-state index contributed by atoms with van der Waals surface area (Å²) in [5.74, 6) is 0.620. The normalized spacial score (nSPS) is 26.6. The minimum absolute atomic E-state index is 0.00268. The van der Waals surface area contributed by atoms with Gasteiger partial charge in [-0.2, -0.15) is 0 Å². The molecule has 7 nitrogen and oxygen atoms in total. The Kier molecular flexibility index (Phi) is 5.23.